The summed E-state index contributed by atoms with van der Waals surface area (Å²) in [6.07, 6.45) is 9.61. The maximum Gasteiger partial charge on any atom is 0.170 e. The van der Waals surface area contributed by atoms with Gasteiger partial charge in [0.2, 0.25) is 0 Å². The molecule has 0 bridgehead atoms. The van der Waals surface area contributed by atoms with Crippen molar-refractivity contribution < 1.29 is 4.74 Å². The maximum atomic E-state index is 5.58. The fourth-order valence-electron chi connectivity index (χ4n) is 3.13. The molecule has 23 heavy (non-hydrogen) atoms. The first kappa shape index (κ1) is 16.5. The maximum absolute atomic E-state index is 5.58. The highest BCUT2D eigenvalue weighted by Gasteiger charge is 2.15. The molecule has 5 nitrogen and oxygen atoms in total. The second kappa shape index (κ2) is 8.45. The third-order valence-corrected chi connectivity index (χ3v) is 4.70. The molecular formula is C17H26N4OS. The first-order chi connectivity index (χ1) is 11.3. The van der Waals surface area contributed by atoms with Crippen molar-refractivity contribution in [2.45, 2.75) is 44.6 Å². The number of thiocarbonyl (C=S) groups is 1. The number of nitrogens with zero attached hydrogens (tertiary/aromatic N) is 2. The van der Waals surface area contributed by atoms with E-state index in [0.717, 1.165) is 50.6 Å². The van der Waals surface area contributed by atoms with Gasteiger partial charge in [-0.1, -0.05) is 12.8 Å². The van der Waals surface area contributed by atoms with Gasteiger partial charge in [0.25, 0.3) is 0 Å². The summed E-state index contributed by atoms with van der Waals surface area (Å²) in [5.41, 5.74) is 0.924. The molecule has 1 atom stereocenters. The van der Waals surface area contributed by atoms with E-state index in [0.29, 0.717) is 11.2 Å². The third kappa shape index (κ3) is 5.04. The molecular weight excluding hydrogens is 308 g/mol. The summed E-state index contributed by atoms with van der Waals surface area (Å²) in [5.74, 6) is 1.07. The van der Waals surface area contributed by atoms with Crippen molar-refractivity contribution in [3.8, 4) is 0 Å². The van der Waals surface area contributed by atoms with Crippen LogP contribution in [0.25, 0.3) is 0 Å². The van der Waals surface area contributed by atoms with Crippen LogP contribution in [0.2, 0.25) is 0 Å². The van der Waals surface area contributed by atoms with Crippen LogP contribution in [-0.4, -0.2) is 42.4 Å². The summed E-state index contributed by atoms with van der Waals surface area (Å²) in [5, 5.41) is 7.04. The molecule has 0 amide bonds. The summed E-state index contributed by atoms with van der Waals surface area (Å²) >= 11 is 5.33. The molecule has 2 fully saturated rings. The molecule has 1 aromatic heterocycles. The third-order valence-electron chi connectivity index (χ3n) is 4.45. The number of anilines is 2. The summed E-state index contributed by atoms with van der Waals surface area (Å²) in [6, 6.07) is 4.13. The number of pyridine rings is 1. The highest BCUT2D eigenvalue weighted by molar-refractivity contribution is 7.80. The minimum atomic E-state index is 0.290. The summed E-state index contributed by atoms with van der Waals surface area (Å²) < 4.78 is 5.58. The first-order valence-electron chi connectivity index (χ1n) is 8.69. The van der Waals surface area contributed by atoms with Crippen LogP contribution in [0.5, 0.6) is 0 Å². The number of ether oxygens (including phenoxy) is 1. The van der Waals surface area contributed by atoms with Crippen LogP contribution >= 0.6 is 12.2 Å². The molecule has 2 N–H and O–H groups in total. The molecule has 3 rings (SSSR count). The Kier molecular flexibility index (Phi) is 6.05. The Morgan fingerprint density at radius 1 is 1.22 bits per heavy atom. The average Bonchev–Trinajstić information content (AvgIpc) is 2.94. The molecule has 3 heterocycles. The molecule has 2 aliphatic rings. The van der Waals surface area contributed by atoms with Gasteiger partial charge in [0.05, 0.1) is 18.0 Å². The van der Waals surface area contributed by atoms with E-state index >= 15 is 0 Å². The summed E-state index contributed by atoms with van der Waals surface area (Å²) in [4.78, 5) is 6.97. The Bertz CT molecular complexity index is 494. The van der Waals surface area contributed by atoms with E-state index < -0.39 is 0 Å². The number of nitrogens with one attached hydrogen (secondary N) is 2. The van der Waals surface area contributed by atoms with E-state index in [2.05, 4.69) is 26.6 Å². The predicted octanol–water partition coefficient (Wildman–Crippen LogP) is 2.93. The van der Waals surface area contributed by atoms with E-state index in [9.17, 15) is 0 Å². The van der Waals surface area contributed by atoms with Crippen molar-refractivity contribution in [1.29, 1.82) is 0 Å². The highest BCUT2D eigenvalue weighted by Crippen LogP contribution is 2.18. The lowest BCUT2D eigenvalue weighted by atomic mass is 10.2. The molecule has 1 unspecified atom stereocenters. The smallest absolute Gasteiger partial charge is 0.170 e. The zero-order valence-electron chi connectivity index (χ0n) is 13.6. The van der Waals surface area contributed by atoms with Crippen LogP contribution in [0.4, 0.5) is 11.5 Å². The molecule has 2 aliphatic heterocycles. The van der Waals surface area contributed by atoms with Crippen LogP contribution in [0, 0.1) is 0 Å². The van der Waals surface area contributed by atoms with E-state index in [-0.39, 0.29) is 0 Å². The quantitative estimate of drug-likeness (QED) is 0.826. The van der Waals surface area contributed by atoms with Crippen molar-refractivity contribution in [1.82, 2.24) is 10.3 Å². The second-order valence-corrected chi connectivity index (χ2v) is 6.68. The zero-order valence-corrected chi connectivity index (χ0v) is 14.4. The topological polar surface area (TPSA) is 49.4 Å². The van der Waals surface area contributed by atoms with Gasteiger partial charge in [0.1, 0.15) is 5.82 Å². The summed E-state index contributed by atoms with van der Waals surface area (Å²) in [6.45, 7) is 3.86. The van der Waals surface area contributed by atoms with E-state index in [1.54, 1.807) is 0 Å². The number of aromatic nitrogens is 1. The molecule has 0 aromatic carbocycles. The van der Waals surface area contributed by atoms with Crippen molar-refractivity contribution in [3.63, 3.8) is 0 Å². The Balaban J connectivity index is 1.47. The van der Waals surface area contributed by atoms with Gasteiger partial charge in [-0.05, 0) is 50.0 Å². The van der Waals surface area contributed by atoms with Crippen molar-refractivity contribution in [2.24, 2.45) is 0 Å². The molecule has 6 heteroatoms. The molecule has 126 valence electrons. The van der Waals surface area contributed by atoms with Gasteiger partial charge in [-0.2, -0.15) is 0 Å². The molecule has 2 saturated heterocycles. The van der Waals surface area contributed by atoms with Crippen molar-refractivity contribution in [2.75, 3.05) is 36.5 Å². The van der Waals surface area contributed by atoms with Gasteiger partial charge in [-0.15, -0.1) is 0 Å². The van der Waals surface area contributed by atoms with Crippen LogP contribution in [0.15, 0.2) is 18.3 Å². The van der Waals surface area contributed by atoms with Gasteiger partial charge in [-0.25, -0.2) is 4.98 Å². The highest BCUT2D eigenvalue weighted by atomic mass is 32.1. The van der Waals surface area contributed by atoms with E-state index in [4.69, 9.17) is 17.0 Å². The fourth-order valence-corrected chi connectivity index (χ4v) is 3.34. The monoisotopic (exact) mass is 334 g/mol. The van der Waals surface area contributed by atoms with Crippen LogP contribution in [0.3, 0.4) is 0 Å². The largest absolute Gasteiger partial charge is 0.376 e. The molecule has 0 radical (unpaired) electrons. The molecule has 0 spiro atoms. The lowest BCUT2D eigenvalue weighted by Crippen LogP contribution is -2.34. The Morgan fingerprint density at radius 3 is 2.70 bits per heavy atom. The minimum absolute atomic E-state index is 0.290. The van der Waals surface area contributed by atoms with Crippen LogP contribution in [-0.2, 0) is 4.74 Å². The van der Waals surface area contributed by atoms with Crippen molar-refractivity contribution in [3.05, 3.63) is 18.3 Å². The van der Waals surface area contributed by atoms with Gasteiger partial charge < -0.3 is 20.3 Å². The molecule has 0 aliphatic carbocycles. The number of hydrogen-bond acceptors (Lipinski definition) is 4. The predicted molar refractivity (Wildman–Crippen MR) is 98.1 cm³/mol. The number of hydrogen-bond donors (Lipinski definition) is 2. The van der Waals surface area contributed by atoms with Gasteiger partial charge in [0, 0.05) is 26.2 Å². The molecule has 0 saturated carbocycles. The van der Waals surface area contributed by atoms with Gasteiger partial charge in [0.15, 0.2) is 5.11 Å². The minimum Gasteiger partial charge on any atom is -0.376 e. The van der Waals surface area contributed by atoms with E-state index in [1.165, 1.54) is 25.7 Å². The Hall–Kier alpha value is -1.40. The second-order valence-electron chi connectivity index (χ2n) is 6.28. The van der Waals surface area contributed by atoms with Gasteiger partial charge >= 0.3 is 0 Å². The van der Waals surface area contributed by atoms with Crippen LogP contribution in [0.1, 0.15) is 38.5 Å². The van der Waals surface area contributed by atoms with Crippen molar-refractivity contribution >= 4 is 28.8 Å². The first-order valence-corrected chi connectivity index (χ1v) is 9.09. The number of rotatable bonds is 4. The summed E-state index contributed by atoms with van der Waals surface area (Å²) in [7, 11) is 0. The molecule has 1 aromatic rings. The fraction of sp³-hybridized carbons (Fsp3) is 0.647. The van der Waals surface area contributed by atoms with E-state index in [1.807, 2.05) is 12.3 Å². The Morgan fingerprint density at radius 2 is 2.04 bits per heavy atom. The SMILES string of the molecule is S=C(NCC1CCCO1)Nc1ccc(N2CCCCCC2)nc1. The normalized spacial score (nSPS) is 21.7. The zero-order chi connectivity index (χ0) is 15.9. The Labute approximate surface area is 143 Å². The van der Waals surface area contributed by atoms with Crippen LogP contribution < -0.4 is 15.5 Å². The lowest BCUT2D eigenvalue weighted by molar-refractivity contribution is 0.114. The van der Waals surface area contributed by atoms with Gasteiger partial charge in [-0.3, -0.25) is 0 Å². The lowest BCUT2D eigenvalue weighted by Gasteiger charge is -2.21. The standard InChI is InChI=1S/C17H26N4OS/c23-17(19-13-15-6-5-11-22-15)20-14-7-8-16(18-12-14)21-9-3-1-2-4-10-21/h7-8,12,15H,1-6,9-11,13H2,(H2,19,20,23). The average molecular weight is 334 g/mol.